The lowest BCUT2D eigenvalue weighted by Crippen LogP contribution is -2.52. The van der Waals surface area contributed by atoms with Crippen molar-refractivity contribution in [2.45, 2.75) is 50.7 Å². The van der Waals surface area contributed by atoms with E-state index >= 15 is 0 Å². The summed E-state index contributed by atoms with van der Waals surface area (Å²) in [5, 5.41) is 3.39. The van der Waals surface area contributed by atoms with Gasteiger partial charge >= 0.3 is 0 Å². The molecule has 0 aromatic carbocycles. The van der Waals surface area contributed by atoms with Gasteiger partial charge in [0.15, 0.2) is 0 Å². The molecule has 0 radical (unpaired) electrons. The fourth-order valence-electron chi connectivity index (χ4n) is 2.37. The number of rotatable bonds is 3. The van der Waals surface area contributed by atoms with Crippen LogP contribution in [0.25, 0.3) is 0 Å². The van der Waals surface area contributed by atoms with Crippen molar-refractivity contribution in [1.29, 1.82) is 0 Å². The zero-order valence-corrected chi connectivity index (χ0v) is 9.35. The summed E-state index contributed by atoms with van der Waals surface area (Å²) in [5.74, 6) is -2.25. The van der Waals surface area contributed by atoms with Crippen molar-refractivity contribution >= 4 is 0 Å². The van der Waals surface area contributed by atoms with E-state index in [2.05, 4.69) is 12.2 Å². The minimum atomic E-state index is -2.40. The van der Waals surface area contributed by atoms with Gasteiger partial charge in [-0.1, -0.05) is 0 Å². The zero-order valence-electron chi connectivity index (χ0n) is 9.35. The minimum Gasteiger partial charge on any atom is -0.377 e. The molecule has 1 N–H and O–H groups in total. The maximum atomic E-state index is 12.6. The van der Waals surface area contributed by atoms with Gasteiger partial charge in [-0.2, -0.15) is 0 Å². The molecule has 0 amide bonds. The van der Waals surface area contributed by atoms with Crippen molar-refractivity contribution in [1.82, 2.24) is 5.32 Å². The molecule has 88 valence electrons. The van der Waals surface area contributed by atoms with Crippen LogP contribution >= 0.6 is 0 Å². The van der Waals surface area contributed by atoms with Crippen LogP contribution in [0.5, 0.6) is 0 Å². The summed E-state index contributed by atoms with van der Waals surface area (Å²) in [5.41, 5.74) is -0.0229. The minimum absolute atomic E-state index is 0.0229. The first-order valence-electron chi connectivity index (χ1n) is 5.66. The standard InChI is InChI=1S/C11H19F2NO/c1-8-10(2,3-4-15-8)14-7-9-5-11(12,13)6-9/h8-9,14H,3-7H2,1-2H3. The number of hydrogen-bond donors (Lipinski definition) is 1. The molecule has 2 aliphatic rings. The predicted molar refractivity (Wildman–Crippen MR) is 54.1 cm³/mol. The molecule has 2 atom stereocenters. The van der Waals surface area contributed by atoms with Gasteiger partial charge < -0.3 is 10.1 Å². The average molecular weight is 219 g/mol. The molecular weight excluding hydrogens is 200 g/mol. The van der Waals surface area contributed by atoms with E-state index in [1.807, 2.05) is 6.92 Å². The number of hydrogen-bond acceptors (Lipinski definition) is 2. The van der Waals surface area contributed by atoms with Gasteiger partial charge in [0.05, 0.1) is 6.10 Å². The highest BCUT2D eigenvalue weighted by Crippen LogP contribution is 2.42. The molecule has 2 nitrogen and oxygen atoms in total. The van der Waals surface area contributed by atoms with Crippen molar-refractivity contribution in [3.63, 3.8) is 0 Å². The lowest BCUT2D eigenvalue weighted by atomic mass is 9.80. The Balaban J connectivity index is 1.74. The fraction of sp³-hybridized carbons (Fsp3) is 1.00. The van der Waals surface area contributed by atoms with Crippen LogP contribution in [0.1, 0.15) is 33.1 Å². The molecule has 1 aliphatic heterocycles. The maximum absolute atomic E-state index is 12.6. The molecular formula is C11H19F2NO. The van der Waals surface area contributed by atoms with Crippen LogP contribution in [0.15, 0.2) is 0 Å². The highest BCUT2D eigenvalue weighted by Gasteiger charge is 2.46. The first-order valence-corrected chi connectivity index (χ1v) is 5.66. The normalized spacial score (nSPS) is 40.4. The summed E-state index contributed by atoms with van der Waals surface area (Å²) < 4.78 is 30.7. The Morgan fingerprint density at radius 3 is 2.53 bits per heavy atom. The van der Waals surface area contributed by atoms with Crippen molar-refractivity contribution in [3.8, 4) is 0 Å². The second-order valence-corrected chi connectivity index (χ2v) is 5.19. The van der Waals surface area contributed by atoms with Crippen LogP contribution in [-0.2, 0) is 4.74 Å². The van der Waals surface area contributed by atoms with Crippen molar-refractivity contribution in [3.05, 3.63) is 0 Å². The summed E-state index contributed by atoms with van der Waals surface area (Å²) >= 11 is 0. The Morgan fingerprint density at radius 2 is 2.07 bits per heavy atom. The Bertz CT molecular complexity index is 239. The molecule has 0 spiro atoms. The smallest absolute Gasteiger partial charge is 0.248 e. The number of nitrogens with one attached hydrogen (secondary N) is 1. The van der Waals surface area contributed by atoms with Gasteiger partial charge in [0.1, 0.15) is 0 Å². The fourth-order valence-corrected chi connectivity index (χ4v) is 2.37. The number of alkyl halides is 2. The second-order valence-electron chi connectivity index (χ2n) is 5.19. The van der Waals surface area contributed by atoms with Gasteiger partial charge in [0.25, 0.3) is 0 Å². The van der Waals surface area contributed by atoms with Crippen LogP contribution in [-0.4, -0.2) is 30.7 Å². The van der Waals surface area contributed by atoms with E-state index in [0.717, 1.165) is 13.0 Å². The Labute approximate surface area is 89.4 Å². The monoisotopic (exact) mass is 219 g/mol. The molecule has 15 heavy (non-hydrogen) atoms. The van der Waals surface area contributed by atoms with Gasteiger partial charge in [-0.3, -0.25) is 0 Å². The molecule has 1 heterocycles. The molecule has 0 bridgehead atoms. The molecule has 2 rings (SSSR count). The summed E-state index contributed by atoms with van der Waals surface area (Å²) in [6, 6.07) is 0. The quantitative estimate of drug-likeness (QED) is 0.785. The lowest BCUT2D eigenvalue weighted by molar-refractivity contribution is -0.110. The van der Waals surface area contributed by atoms with Crippen LogP contribution in [0.2, 0.25) is 0 Å². The highest BCUT2D eigenvalue weighted by molar-refractivity contribution is 4.96. The van der Waals surface area contributed by atoms with Gasteiger partial charge in [-0.25, -0.2) is 8.78 Å². The van der Waals surface area contributed by atoms with Crippen LogP contribution in [0, 0.1) is 5.92 Å². The van der Waals surface area contributed by atoms with Crippen molar-refractivity contribution < 1.29 is 13.5 Å². The van der Waals surface area contributed by atoms with E-state index in [9.17, 15) is 8.78 Å². The van der Waals surface area contributed by atoms with Crippen LogP contribution in [0.3, 0.4) is 0 Å². The van der Waals surface area contributed by atoms with E-state index in [1.54, 1.807) is 0 Å². The number of halogens is 2. The summed E-state index contributed by atoms with van der Waals surface area (Å²) in [6.45, 7) is 5.61. The Kier molecular flexibility index (Phi) is 2.75. The first-order chi connectivity index (χ1) is 6.91. The van der Waals surface area contributed by atoms with Gasteiger partial charge in [-0.05, 0) is 32.7 Å². The van der Waals surface area contributed by atoms with E-state index in [0.29, 0.717) is 6.54 Å². The molecule has 1 saturated carbocycles. The summed E-state index contributed by atoms with van der Waals surface area (Å²) in [7, 11) is 0. The molecule has 2 unspecified atom stereocenters. The van der Waals surface area contributed by atoms with E-state index in [4.69, 9.17) is 4.74 Å². The lowest BCUT2D eigenvalue weighted by Gasteiger charge is -2.38. The molecule has 0 aromatic heterocycles. The molecule has 4 heteroatoms. The Hall–Kier alpha value is -0.220. The molecule has 1 aliphatic carbocycles. The first kappa shape index (κ1) is 11.3. The summed E-state index contributed by atoms with van der Waals surface area (Å²) in [6.07, 6.45) is 1.24. The number of ether oxygens (including phenoxy) is 1. The highest BCUT2D eigenvalue weighted by atomic mass is 19.3. The van der Waals surface area contributed by atoms with Crippen molar-refractivity contribution in [2.24, 2.45) is 5.92 Å². The molecule has 0 aromatic rings. The predicted octanol–water partition coefficient (Wildman–Crippen LogP) is 2.19. The van der Waals surface area contributed by atoms with Gasteiger partial charge in [0, 0.05) is 25.0 Å². The van der Waals surface area contributed by atoms with Gasteiger partial charge in [-0.15, -0.1) is 0 Å². The van der Waals surface area contributed by atoms with Gasteiger partial charge in [0.2, 0.25) is 5.92 Å². The molecule has 1 saturated heterocycles. The Morgan fingerprint density at radius 1 is 1.40 bits per heavy atom. The van der Waals surface area contributed by atoms with Crippen molar-refractivity contribution in [2.75, 3.05) is 13.2 Å². The second kappa shape index (κ2) is 3.67. The summed E-state index contributed by atoms with van der Waals surface area (Å²) in [4.78, 5) is 0. The van der Waals surface area contributed by atoms with Crippen LogP contribution < -0.4 is 5.32 Å². The van der Waals surface area contributed by atoms with E-state index in [1.165, 1.54) is 0 Å². The third kappa shape index (κ3) is 2.31. The topological polar surface area (TPSA) is 21.3 Å². The maximum Gasteiger partial charge on any atom is 0.248 e. The third-order valence-corrected chi connectivity index (χ3v) is 3.86. The average Bonchev–Trinajstić information content (AvgIpc) is 2.41. The van der Waals surface area contributed by atoms with E-state index < -0.39 is 5.92 Å². The van der Waals surface area contributed by atoms with E-state index in [-0.39, 0.29) is 30.4 Å². The largest absolute Gasteiger partial charge is 0.377 e. The zero-order chi connectivity index (χ0) is 11.1. The third-order valence-electron chi connectivity index (χ3n) is 3.86. The SMILES string of the molecule is CC1OCCC1(C)NCC1CC(F)(F)C1. The van der Waals surface area contributed by atoms with Crippen LogP contribution in [0.4, 0.5) is 8.78 Å². The molecule has 2 fully saturated rings.